The third-order valence-electron chi connectivity index (χ3n) is 4.05. The summed E-state index contributed by atoms with van der Waals surface area (Å²) in [6.07, 6.45) is 0. The van der Waals surface area contributed by atoms with Gasteiger partial charge in [-0.2, -0.15) is 0 Å². The van der Waals surface area contributed by atoms with Gasteiger partial charge >= 0.3 is 5.97 Å². The molecule has 3 rings (SSSR count). The van der Waals surface area contributed by atoms with E-state index in [1.54, 1.807) is 66.7 Å². The molecule has 7 heteroatoms. The van der Waals surface area contributed by atoms with Gasteiger partial charge in [0.15, 0.2) is 0 Å². The quantitative estimate of drug-likeness (QED) is 0.606. The first-order valence-corrected chi connectivity index (χ1v) is 10.0. The fourth-order valence-electron chi connectivity index (χ4n) is 2.65. The minimum absolute atomic E-state index is 0.210. The zero-order chi connectivity index (χ0) is 20.1. The predicted molar refractivity (Wildman–Crippen MR) is 109 cm³/mol. The molecule has 0 unspecified atom stereocenters. The van der Waals surface area contributed by atoms with Crippen molar-refractivity contribution in [2.45, 2.75) is 11.8 Å². The van der Waals surface area contributed by atoms with E-state index in [2.05, 4.69) is 10.0 Å². The maximum Gasteiger partial charge on any atom is 0.339 e. The normalized spacial score (nSPS) is 10.9. The van der Waals surface area contributed by atoms with Gasteiger partial charge in [0.25, 0.3) is 10.0 Å². The van der Waals surface area contributed by atoms with Crippen LogP contribution in [-0.2, 0) is 14.8 Å². The molecule has 6 nitrogen and oxygen atoms in total. The highest BCUT2D eigenvalue weighted by Gasteiger charge is 2.14. The Labute approximate surface area is 164 Å². The van der Waals surface area contributed by atoms with Gasteiger partial charge in [0.2, 0.25) is 0 Å². The standard InChI is InChI=1S/C21H20N2O4S/c1-15-6-5-7-18(14-15)28(25,26)23-17-12-10-16(11-13-17)22-20-9-4-3-8-19(20)21(24)27-2/h3-14,22-23H,1-2H3. The molecule has 144 valence electrons. The fraction of sp³-hybridized carbons (Fsp3) is 0.0952. The second-order valence-corrected chi connectivity index (χ2v) is 7.84. The van der Waals surface area contributed by atoms with E-state index in [9.17, 15) is 13.2 Å². The maximum absolute atomic E-state index is 12.5. The molecule has 0 saturated carbocycles. The number of aryl methyl sites for hydroxylation is 1. The van der Waals surface area contributed by atoms with Gasteiger partial charge in [-0.1, -0.05) is 24.3 Å². The van der Waals surface area contributed by atoms with Crippen LogP contribution in [0.25, 0.3) is 0 Å². The van der Waals surface area contributed by atoms with E-state index >= 15 is 0 Å². The molecule has 0 aromatic heterocycles. The molecule has 3 aromatic carbocycles. The van der Waals surface area contributed by atoms with Crippen LogP contribution >= 0.6 is 0 Å². The van der Waals surface area contributed by atoms with E-state index in [0.29, 0.717) is 22.6 Å². The van der Waals surface area contributed by atoms with Crippen LogP contribution in [0.1, 0.15) is 15.9 Å². The average Bonchev–Trinajstić information content (AvgIpc) is 2.69. The third-order valence-corrected chi connectivity index (χ3v) is 5.43. The third kappa shape index (κ3) is 4.50. The van der Waals surface area contributed by atoms with Crippen LogP contribution in [0, 0.1) is 6.92 Å². The molecule has 0 radical (unpaired) electrons. The van der Waals surface area contributed by atoms with Gasteiger partial charge in [0, 0.05) is 11.4 Å². The number of rotatable bonds is 6. The summed E-state index contributed by atoms with van der Waals surface area (Å²) >= 11 is 0. The molecule has 0 amide bonds. The van der Waals surface area contributed by atoms with Crippen molar-refractivity contribution in [3.05, 3.63) is 83.9 Å². The van der Waals surface area contributed by atoms with Crippen LogP contribution in [0.5, 0.6) is 0 Å². The Kier molecular flexibility index (Phi) is 5.65. The van der Waals surface area contributed by atoms with Crippen LogP contribution in [0.4, 0.5) is 17.1 Å². The van der Waals surface area contributed by atoms with Crippen molar-refractivity contribution < 1.29 is 17.9 Å². The molecule has 0 fully saturated rings. The monoisotopic (exact) mass is 396 g/mol. The number of benzene rings is 3. The van der Waals surface area contributed by atoms with E-state index in [4.69, 9.17) is 4.74 Å². The van der Waals surface area contributed by atoms with Crippen molar-refractivity contribution in [3.63, 3.8) is 0 Å². The van der Waals surface area contributed by atoms with Gasteiger partial charge in [0.1, 0.15) is 0 Å². The lowest BCUT2D eigenvalue weighted by atomic mass is 10.1. The highest BCUT2D eigenvalue weighted by atomic mass is 32.2. The van der Waals surface area contributed by atoms with E-state index in [-0.39, 0.29) is 4.90 Å². The van der Waals surface area contributed by atoms with Gasteiger partial charge in [-0.25, -0.2) is 13.2 Å². The number of hydrogen-bond donors (Lipinski definition) is 2. The van der Waals surface area contributed by atoms with Crippen molar-refractivity contribution in [1.82, 2.24) is 0 Å². The first kappa shape index (κ1) is 19.4. The second kappa shape index (κ2) is 8.14. The van der Waals surface area contributed by atoms with Crippen LogP contribution in [0.15, 0.2) is 77.7 Å². The molecule has 0 aliphatic heterocycles. The number of esters is 1. The Bertz CT molecular complexity index is 1090. The van der Waals surface area contributed by atoms with Gasteiger partial charge in [-0.3, -0.25) is 4.72 Å². The summed E-state index contributed by atoms with van der Waals surface area (Å²) < 4.78 is 32.4. The molecular formula is C21H20N2O4S. The molecule has 0 saturated heterocycles. The number of carbonyl (C=O) groups excluding carboxylic acids is 1. The molecule has 0 bridgehead atoms. The zero-order valence-corrected chi connectivity index (χ0v) is 16.3. The van der Waals surface area contributed by atoms with Gasteiger partial charge in [-0.05, 0) is 61.0 Å². The van der Waals surface area contributed by atoms with Gasteiger partial charge in [-0.15, -0.1) is 0 Å². The van der Waals surface area contributed by atoms with E-state index in [1.807, 2.05) is 13.0 Å². The molecule has 2 N–H and O–H groups in total. The number of nitrogens with one attached hydrogen (secondary N) is 2. The number of para-hydroxylation sites is 1. The first-order valence-electron chi connectivity index (χ1n) is 8.53. The summed E-state index contributed by atoms with van der Waals surface area (Å²) in [7, 11) is -2.33. The Morgan fingerprint density at radius 1 is 0.893 bits per heavy atom. The van der Waals surface area contributed by atoms with Crippen LogP contribution in [0.2, 0.25) is 0 Å². The number of methoxy groups -OCH3 is 1. The number of carbonyl (C=O) groups is 1. The largest absolute Gasteiger partial charge is 0.465 e. The lowest BCUT2D eigenvalue weighted by molar-refractivity contribution is 0.0602. The Hall–Kier alpha value is -3.32. The molecule has 28 heavy (non-hydrogen) atoms. The predicted octanol–water partition coefficient (Wildman–Crippen LogP) is 4.33. The fourth-order valence-corrected chi connectivity index (χ4v) is 3.82. The van der Waals surface area contributed by atoms with Crippen LogP contribution in [-0.4, -0.2) is 21.5 Å². The van der Waals surface area contributed by atoms with Crippen molar-refractivity contribution in [1.29, 1.82) is 0 Å². The molecule has 0 aliphatic rings. The van der Waals surface area contributed by atoms with Crippen molar-refractivity contribution in [2.24, 2.45) is 0 Å². The van der Waals surface area contributed by atoms with Crippen LogP contribution in [0.3, 0.4) is 0 Å². The van der Waals surface area contributed by atoms with Crippen molar-refractivity contribution >= 4 is 33.1 Å². The lowest BCUT2D eigenvalue weighted by Crippen LogP contribution is -2.13. The molecular weight excluding hydrogens is 376 g/mol. The summed E-state index contributed by atoms with van der Waals surface area (Å²) in [4.78, 5) is 12.1. The Morgan fingerprint density at radius 3 is 2.25 bits per heavy atom. The lowest BCUT2D eigenvalue weighted by Gasteiger charge is -2.12. The minimum atomic E-state index is -3.66. The Balaban J connectivity index is 1.77. The highest BCUT2D eigenvalue weighted by molar-refractivity contribution is 7.92. The molecule has 0 spiro atoms. The first-order chi connectivity index (χ1) is 13.4. The number of ether oxygens (including phenoxy) is 1. The highest BCUT2D eigenvalue weighted by Crippen LogP contribution is 2.24. The second-order valence-electron chi connectivity index (χ2n) is 6.16. The van der Waals surface area contributed by atoms with E-state index in [0.717, 1.165) is 5.56 Å². The summed E-state index contributed by atoms with van der Waals surface area (Å²) in [5, 5.41) is 3.14. The summed E-state index contributed by atoms with van der Waals surface area (Å²) in [5.74, 6) is -0.439. The molecule has 0 heterocycles. The number of anilines is 3. The average molecular weight is 396 g/mol. The smallest absolute Gasteiger partial charge is 0.339 e. The van der Waals surface area contributed by atoms with Crippen molar-refractivity contribution in [2.75, 3.05) is 17.1 Å². The molecule has 3 aromatic rings. The van der Waals surface area contributed by atoms with E-state index < -0.39 is 16.0 Å². The summed E-state index contributed by atoms with van der Waals surface area (Å²) in [6.45, 7) is 1.84. The molecule has 0 atom stereocenters. The number of hydrogen-bond acceptors (Lipinski definition) is 5. The SMILES string of the molecule is COC(=O)c1ccccc1Nc1ccc(NS(=O)(=O)c2cccc(C)c2)cc1. The summed E-state index contributed by atoms with van der Waals surface area (Å²) in [5.41, 5.74) is 3.02. The van der Waals surface area contributed by atoms with Gasteiger partial charge < -0.3 is 10.1 Å². The Morgan fingerprint density at radius 2 is 1.57 bits per heavy atom. The molecule has 0 aliphatic carbocycles. The van der Waals surface area contributed by atoms with E-state index in [1.165, 1.54) is 7.11 Å². The van der Waals surface area contributed by atoms with Crippen LogP contribution < -0.4 is 10.0 Å². The number of sulfonamides is 1. The van der Waals surface area contributed by atoms with Crippen molar-refractivity contribution in [3.8, 4) is 0 Å². The topological polar surface area (TPSA) is 84.5 Å². The summed E-state index contributed by atoms with van der Waals surface area (Å²) in [6, 6.07) is 20.4. The minimum Gasteiger partial charge on any atom is -0.465 e. The maximum atomic E-state index is 12.5. The van der Waals surface area contributed by atoms with Gasteiger partial charge in [0.05, 0.1) is 23.3 Å². The zero-order valence-electron chi connectivity index (χ0n) is 15.5.